The van der Waals surface area contributed by atoms with Crippen LogP contribution in [0, 0.1) is 0 Å². The second-order valence-electron chi connectivity index (χ2n) is 7.16. The van der Waals surface area contributed by atoms with Crippen LogP contribution in [0.4, 0.5) is 11.4 Å². The summed E-state index contributed by atoms with van der Waals surface area (Å²) in [7, 11) is 3.82. The van der Waals surface area contributed by atoms with E-state index in [1.165, 1.54) is 11.3 Å². The molecule has 0 saturated carbocycles. The van der Waals surface area contributed by atoms with Crippen LogP contribution in [-0.2, 0) is 11.2 Å². The molecule has 28 heavy (non-hydrogen) atoms. The lowest BCUT2D eigenvalue weighted by Crippen LogP contribution is -2.44. The zero-order valence-electron chi connectivity index (χ0n) is 16.8. The Balaban J connectivity index is 1.38. The first-order chi connectivity index (χ1) is 13.6. The van der Waals surface area contributed by atoms with E-state index in [1.54, 1.807) is 7.11 Å². The average molecular weight is 383 g/mol. The minimum atomic E-state index is -0.0296. The van der Waals surface area contributed by atoms with Crippen LogP contribution in [0.1, 0.15) is 5.56 Å². The van der Waals surface area contributed by atoms with Gasteiger partial charge in [-0.1, -0.05) is 12.1 Å². The number of amides is 1. The molecule has 1 saturated heterocycles. The first-order valence-corrected chi connectivity index (χ1v) is 9.81. The maximum absolute atomic E-state index is 12.1. The molecule has 1 fully saturated rings. The van der Waals surface area contributed by atoms with Gasteiger partial charge in [-0.25, -0.2) is 0 Å². The van der Waals surface area contributed by atoms with E-state index in [9.17, 15) is 4.79 Å². The molecule has 150 valence electrons. The lowest BCUT2D eigenvalue weighted by Gasteiger charge is -2.34. The van der Waals surface area contributed by atoms with Crippen molar-refractivity contribution in [3.63, 3.8) is 0 Å². The number of rotatable bonds is 8. The van der Waals surface area contributed by atoms with Crippen LogP contribution in [-0.4, -0.2) is 64.2 Å². The summed E-state index contributed by atoms with van der Waals surface area (Å²) in [6, 6.07) is 16.1. The Kier molecular flexibility index (Phi) is 7.28. The van der Waals surface area contributed by atoms with Gasteiger partial charge < -0.3 is 25.2 Å². The number of likely N-dealkylation sites (N-methyl/N-ethyl adjacent to an activating group) is 1. The van der Waals surface area contributed by atoms with E-state index in [0.717, 1.165) is 50.6 Å². The highest BCUT2D eigenvalue weighted by molar-refractivity contribution is 5.92. The Labute approximate surface area is 167 Å². The minimum absolute atomic E-state index is 0.0296. The topological polar surface area (TPSA) is 56.8 Å². The number of anilines is 2. The summed E-state index contributed by atoms with van der Waals surface area (Å²) in [5.74, 6) is 0.827. The van der Waals surface area contributed by atoms with Gasteiger partial charge in [0, 0.05) is 37.6 Å². The maximum Gasteiger partial charge on any atom is 0.238 e. The van der Waals surface area contributed by atoms with Gasteiger partial charge in [0.05, 0.1) is 13.7 Å². The third kappa shape index (κ3) is 5.97. The fourth-order valence-electron chi connectivity index (χ4n) is 3.29. The van der Waals surface area contributed by atoms with Crippen molar-refractivity contribution in [1.29, 1.82) is 0 Å². The predicted molar refractivity (Wildman–Crippen MR) is 114 cm³/mol. The van der Waals surface area contributed by atoms with Gasteiger partial charge in [0.2, 0.25) is 5.91 Å². The number of piperazine rings is 1. The van der Waals surface area contributed by atoms with Gasteiger partial charge in [0.15, 0.2) is 0 Å². The molecular formula is C22H30N4O2. The van der Waals surface area contributed by atoms with Crippen LogP contribution in [0.5, 0.6) is 5.75 Å². The zero-order chi connectivity index (χ0) is 19.8. The number of methoxy groups -OCH3 is 1. The highest BCUT2D eigenvalue weighted by atomic mass is 16.5. The van der Waals surface area contributed by atoms with E-state index < -0.39 is 0 Å². The fraction of sp³-hybridized carbons (Fsp3) is 0.409. The second kappa shape index (κ2) is 10.1. The van der Waals surface area contributed by atoms with Crippen molar-refractivity contribution < 1.29 is 9.53 Å². The predicted octanol–water partition coefficient (Wildman–Crippen LogP) is 2.22. The Morgan fingerprint density at radius 1 is 1.07 bits per heavy atom. The Morgan fingerprint density at radius 3 is 2.54 bits per heavy atom. The van der Waals surface area contributed by atoms with Crippen molar-refractivity contribution in [3.05, 3.63) is 54.1 Å². The van der Waals surface area contributed by atoms with Gasteiger partial charge in [-0.05, 0) is 62.0 Å². The standard InChI is InChI=1S/C22H30N4O2/c1-25-12-14-26(15-13-25)20-8-6-19(7-9-20)24-22(27)17-23-11-10-18-4-3-5-21(16-18)28-2/h3-9,16,23H,10-15,17H2,1-2H3,(H,24,27). The molecule has 0 aromatic heterocycles. The molecule has 0 bridgehead atoms. The van der Waals surface area contributed by atoms with E-state index in [0.29, 0.717) is 6.54 Å². The number of hydrogen-bond acceptors (Lipinski definition) is 5. The van der Waals surface area contributed by atoms with Gasteiger partial charge in [-0.3, -0.25) is 4.79 Å². The van der Waals surface area contributed by atoms with E-state index in [2.05, 4.69) is 45.7 Å². The van der Waals surface area contributed by atoms with Gasteiger partial charge >= 0.3 is 0 Å². The third-order valence-electron chi connectivity index (χ3n) is 5.03. The molecule has 0 aliphatic carbocycles. The van der Waals surface area contributed by atoms with Crippen molar-refractivity contribution in [2.75, 3.05) is 63.6 Å². The molecule has 2 aromatic rings. The van der Waals surface area contributed by atoms with Crippen LogP contribution in [0.25, 0.3) is 0 Å². The average Bonchev–Trinajstić information content (AvgIpc) is 2.73. The van der Waals surface area contributed by atoms with Crippen LogP contribution in [0.15, 0.2) is 48.5 Å². The van der Waals surface area contributed by atoms with Crippen LogP contribution in [0.3, 0.4) is 0 Å². The van der Waals surface area contributed by atoms with Crippen molar-refractivity contribution in [2.45, 2.75) is 6.42 Å². The number of carbonyl (C=O) groups is 1. The summed E-state index contributed by atoms with van der Waals surface area (Å²) in [4.78, 5) is 16.9. The monoisotopic (exact) mass is 382 g/mol. The molecule has 1 aliphatic rings. The van der Waals surface area contributed by atoms with Crippen LogP contribution < -0.4 is 20.3 Å². The van der Waals surface area contributed by atoms with Crippen molar-refractivity contribution in [2.24, 2.45) is 0 Å². The molecule has 0 unspecified atom stereocenters. The van der Waals surface area contributed by atoms with E-state index in [-0.39, 0.29) is 5.91 Å². The Hall–Kier alpha value is -2.57. The maximum atomic E-state index is 12.1. The first kappa shape index (κ1) is 20.2. The summed E-state index contributed by atoms with van der Waals surface area (Å²) in [5, 5.41) is 6.14. The molecule has 1 amide bonds. The summed E-state index contributed by atoms with van der Waals surface area (Å²) in [6.45, 7) is 5.28. The smallest absolute Gasteiger partial charge is 0.238 e. The summed E-state index contributed by atoms with van der Waals surface area (Å²) < 4.78 is 5.23. The highest BCUT2D eigenvalue weighted by Crippen LogP contribution is 2.19. The lowest BCUT2D eigenvalue weighted by molar-refractivity contribution is -0.115. The summed E-state index contributed by atoms with van der Waals surface area (Å²) in [6.07, 6.45) is 0.851. The van der Waals surface area contributed by atoms with E-state index in [4.69, 9.17) is 4.74 Å². The molecule has 1 aliphatic heterocycles. The zero-order valence-corrected chi connectivity index (χ0v) is 16.8. The van der Waals surface area contributed by atoms with Crippen molar-refractivity contribution >= 4 is 17.3 Å². The summed E-state index contributed by atoms with van der Waals surface area (Å²) >= 11 is 0. The Morgan fingerprint density at radius 2 is 1.82 bits per heavy atom. The number of nitrogens with one attached hydrogen (secondary N) is 2. The van der Waals surface area contributed by atoms with Crippen molar-refractivity contribution in [3.8, 4) is 5.75 Å². The Bertz CT molecular complexity index is 755. The molecular weight excluding hydrogens is 352 g/mol. The normalized spacial score (nSPS) is 14.7. The van der Waals surface area contributed by atoms with Gasteiger partial charge in [0.1, 0.15) is 5.75 Å². The quantitative estimate of drug-likeness (QED) is 0.686. The SMILES string of the molecule is COc1cccc(CCNCC(=O)Nc2ccc(N3CCN(C)CC3)cc2)c1. The largest absolute Gasteiger partial charge is 0.497 e. The first-order valence-electron chi connectivity index (χ1n) is 9.81. The number of hydrogen-bond donors (Lipinski definition) is 2. The molecule has 0 spiro atoms. The third-order valence-corrected chi connectivity index (χ3v) is 5.03. The molecule has 2 aromatic carbocycles. The van der Waals surface area contributed by atoms with Gasteiger partial charge in [0.25, 0.3) is 0 Å². The minimum Gasteiger partial charge on any atom is -0.497 e. The molecule has 2 N–H and O–H groups in total. The number of nitrogens with zero attached hydrogens (tertiary/aromatic N) is 2. The van der Waals surface area contributed by atoms with Gasteiger partial charge in [-0.15, -0.1) is 0 Å². The highest BCUT2D eigenvalue weighted by Gasteiger charge is 2.14. The number of carbonyl (C=O) groups excluding carboxylic acids is 1. The molecule has 0 radical (unpaired) electrons. The summed E-state index contributed by atoms with van der Waals surface area (Å²) in [5.41, 5.74) is 3.23. The van der Waals surface area contributed by atoms with Gasteiger partial charge in [-0.2, -0.15) is 0 Å². The number of ether oxygens (including phenoxy) is 1. The molecule has 1 heterocycles. The van der Waals surface area contributed by atoms with Crippen LogP contribution in [0.2, 0.25) is 0 Å². The molecule has 6 heteroatoms. The van der Waals surface area contributed by atoms with Crippen LogP contribution >= 0.6 is 0 Å². The lowest BCUT2D eigenvalue weighted by atomic mass is 10.1. The molecule has 6 nitrogen and oxygen atoms in total. The second-order valence-corrected chi connectivity index (χ2v) is 7.16. The molecule has 3 rings (SSSR count). The van der Waals surface area contributed by atoms with E-state index >= 15 is 0 Å². The fourth-order valence-corrected chi connectivity index (χ4v) is 3.29. The molecule has 0 atom stereocenters. The van der Waals surface area contributed by atoms with Crippen molar-refractivity contribution in [1.82, 2.24) is 10.2 Å². The van der Waals surface area contributed by atoms with E-state index in [1.807, 2.05) is 30.3 Å². The number of benzene rings is 2.